The number of benzene rings is 1. The summed E-state index contributed by atoms with van der Waals surface area (Å²) in [6.07, 6.45) is 5.78. The van der Waals surface area contributed by atoms with E-state index in [0.717, 1.165) is 81.3 Å². The Morgan fingerprint density at radius 1 is 0.919 bits per heavy atom. The van der Waals surface area contributed by atoms with Gasteiger partial charge >= 0.3 is 5.69 Å². The summed E-state index contributed by atoms with van der Waals surface area (Å²) in [5.41, 5.74) is 2.11. The smallest absolute Gasteiger partial charge is 0.348 e. The molecule has 0 saturated carbocycles. The average molecular weight is 507 g/mol. The van der Waals surface area contributed by atoms with Crippen LogP contribution >= 0.6 is 0 Å². The predicted molar refractivity (Wildman–Crippen MR) is 147 cm³/mol. The van der Waals surface area contributed by atoms with Crippen LogP contribution in [0.25, 0.3) is 11.3 Å². The van der Waals surface area contributed by atoms with Crippen LogP contribution in [0.15, 0.2) is 47.4 Å². The van der Waals surface area contributed by atoms with Crippen molar-refractivity contribution in [3.05, 3.63) is 70.4 Å². The van der Waals surface area contributed by atoms with Crippen molar-refractivity contribution in [1.82, 2.24) is 24.4 Å². The zero-order valence-corrected chi connectivity index (χ0v) is 22.6. The Kier molecular flexibility index (Phi) is 8.69. The lowest BCUT2D eigenvalue weighted by molar-refractivity contribution is 0.250. The van der Waals surface area contributed by atoms with Gasteiger partial charge in [0.05, 0.1) is 5.69 Å². The fraction of sp³-hybridized carbons (Fsp3) is 0.517. The maximum atomic E-state index is 13.1. The molecule has 198 valence electrons. The summed E-state index contributed by atoms with van der Waals surface area (Å²) in [5, 5.41) is 0. The fourth-order valence-corrected chi connectivity index (χ4v) is 4.56. The van der Waals surface area contributed by atoms with Crippen LogP contribution in [0.5, 0.6) is 0 Å². The van der Waals surface area contributed by atoms with Gasteiger partial charge in [-0.1, -0.05) is 34.1 Å². The van der Waals surface area contributed by atoms with Crippen molar-refractivity contribution < 1.29 is 4.39 Å². The first kappa shape index (κ1) is 26.9. The quantitative estimate of drug-likeness (QED) is 0.392. The van der Waals surface area contributed by atoms with Crippen molar-refractivity contribution in [1.29, 1.82) is 0 Å². The molecule has 1 saturated heterocycles. The van der Waals surface area contributed by atoms with Crippen molar-refractivity contribution in [3.63, 3.8) is 0 Å². The molecule has 0 spiro atoms. The summed E-state index contributed by atoms with van der Waals surface area (Å²) in [6, 6.07) is 10.0. The minimum atomic E-state index is -0.302. The van der Waals surface area contributed by atoms with E-state index in [9.17, 15) is 9.18 Å². The normalized spacial score (nSPS) is 14.8. The Morgan fingerprint density at radius 2 is 1.62 bits per heavy atom. The largest absolute Gasteiger partial charge is 0.354 e. The van der Waals surface area contributed by atoms with Gasteiger partial charge in [0.15, 0.2) is 0 Å². The van der Waals surface area contributed by atoms with Gasteiger partial charge in [0.2, 0.25) is 0 Å². The third-order valence-corrected chi connectivity index (χ3v) is 6.78. The fourth-order valence-electron chi connectivity index (χ4n) is 4.56. The third-order valence-electron chi connectivity index (χ3n) is 6.78. The summed E-state index contributed by atoms with van der Waals surface area (Å²) in [7, 11) is 0. The van der Waals surface area contributed by atoms with Gasteiger partial charge < -0.3 is 4.90 Å². The zero-order chi connectivity index (χ0) is 26.4. The van der Waals surface area contributed by atoms with Crippen LogP contribution in [0.3, 0.4) is 0 Å². The van der Waals surface area contributed by atoms with Gasteiger partial charge in [0, 0.05) is 61.7 Å². The molecular weight excluding hydrogens is 467 g/mol. The molecule has 1 fully saturated rings. The van der Waals surface area contributed by atoms with E-state index in [0.29, 0.717) is 12.2 Å². The number of rotatable bonds is 9. The van der Waals surface area contributed by atoms with E-state index in [2.05, 4.69) is 48.5 Å². The van der Waals surface area contributed by atoms with Crippen molar-refractivity contribution in [2.24, 2.45) is 0 Å². The van der Waals surface area contributed by atoms with Gasteiger partial charge in [0.25, 0.3) is 0 Å². The Labute approximate surface area is 219 Å². The molecule has 8 heteroatoms. The second kappa shape index (κ2) is 11.9. The van der Waals surface area contributed by atoms with Crippen LogP contribution in [0.1, 0.15) is 58.5 Å². The molecular formula is C29H39FN6O. The zero-order valence-electron chi connectivity index (χ0n) is 22.6. The Balaban J connectivity index is 1.25. The van der Waals surface area contributed by atoms with E-state index in [1.165, 1.54) is 12.1 Å². The number of aromatic nitrogens is 4. The van der Waals surface area contributed by atoms with Crippen LogP contribution in [0, 0.1) is 5.82 Å². The molecule has 0 amide bonds. The molecule has 0 unspecified atom stereocenters. The summed E-state index contributed by atoms with van der Waals surface area (Å²) >= 11 is 0. The van der Waals surface area contributed by atoms with Crippen molar-refractivity contribution in [2.75, 3.05) is 37.6 Å². The highest BCUT2D eigenvalue weighted by molar-refractivity contribution is 5.58. The first-order chi connectivity index (χ1) is 17.7. The lowest BCUT2D eigenvalue weighted by atomic mass is 9.95. The molecule has 2 aromatic heterocycles. The van der Waals surface area contributed by atoms with Gasteiger partial charge in [-0.25, -0.2) is 19.2 Å². The predicted octanol–water partition coefficient (Wildman–Crippen LogP) is 4.69. The summed E-state index contributed by atoms with van der Waals surface area (Å²) in [5.74, 6) is 1.67. The lowest BCUT2D eigenvalue weighted by Gasteiger charge is -2.36. The highest BCUT2D eigenvalue weighted by Crippen LogP contribution is 2.24. The molecule has 4 rings (SSSR count). The van der Waals surface area contributed by atoms with E-state index >= 15 is 0 Å². The number of unbranched alkanes of at least 4 members (excludes halogenated alkanes) is 1. The maximum Gasteiger partial charge on any atom is 0.348 e. The number of hydrogen-bond donors (Lipinski definition) is 0. The first-order valence-corrected chi connectivity index (χ1v) is 13.4. The maximum absolute atomic E-state index is 13.1. The molecule has 0 aliphatic carbocycles. The number of anilines is 1. The monoisotopic (exact) mass is 506 g/mol. The summed E-state index contributed by atoms with van der Waals surface area (Å²) < 4.78 is 14.8. The summed E-state index contributed by atoms with van der Waals surface area (Å²) in [6.45, 7) is 14.3. The Hall–Kier alpha value is -3.13. The third kappa shape index (κ3) is 7.22. The standard InChI is InChI=1S/C29H39FN6O/c1-5-8-24-21-26(33-27(31-24)29(2,3)4)35-19-17-34(18-20-35)14-6-7-15-36-16-13-25(32-28(36)37)22-9-11-23(30)12-10-22/h9-13,16,21H,5-8,14-15,17-20H2,1-4H3. The van der Waals surface area contributed by atoms with Crippen molar-refractivity contribution in [2.45, 2.75) is 65.3 Å². The minimum Gasteiger partial charge on any atom is -0.354 e. The molecule has 3 heterocycles. The van der Waals surface area contributed by atoms with E-state index in [-0.39, 0.29) is 16.9 Å². The molecule has 0 atom stereocenters. The Morgan fingerprint density at radius 3 is 2.27 bits per heavy atom. The van der Waals surface area contributed by atoms with Gasteiger partial charge in [-0.15, -0.1) is 0 Å². The van der Waals surface area contributed by atoms with Gasteiger partial charge in [-0.2, -0.15) is 4.98 Å². The highest BCUT2D eigenvalue weighted by atomic mass is 19.1. The molecule has 1 aliphatic rings. The van der Waals surface area contributed by atoms with Gasteiger partial charge in [0.1, 0.15) is 17.5 Å². The lowest BCUT2D eigenvalue weighted by Crippen LogP contribution is -2.47. The number of aryl methyl sites for hydroxylation is 2. The van der Waals surface area contributed by atoms with Crippen LogP contribution in [0.2, 0.25) is 0 Å². The molecule has 1 aliphatic heterocycles. The molecule has 7 nitrogen and oxygen atoms in total. The average Bonchev–Trinajstić information content (AvgIpc) is 2.88. The second-order valence-corrected chi connectivity index (χ2v) is 10.9. The van der Waals surface area contributed by atoms with E-state index in [4.69, 9.17) is 9.97 Å². The molecule has 37 heavy (non-hydrogen) atoms. The number of nitrogens with zero attached hydrogens (tertiary/aromatic N) is 6. The summed E-state index contributed by atoms with van der Waals surface area (Å²) in [4.78, 5) is 31.3. The van der Waals surface area contributed by atoms with Crippen molar-refractivity contribution >= 4 is 5.82 Å². The van der Waals surface area contributed by atoms with Crippen LogP contribution < -0.4 is 10.6 Å². The van der Waals surface area contributed by atoms with Crippen LogP contribution in [-0.4, -0.2) is 57.1 Å². The van der Waals surface area contributed by atoms with E-state index in [1.54, 1.807) is 22.9 Å². The molecule has 0 radical (unpaired) electrons. The number of hydrogen-bond acceptors (Lipinski definition) is 6. The second-order valence-electron chi connectivity index (χ2n) is 10.9. The van der Waals surface area contributed by atoms with E-state index in [1.807, 2.05) is 6.07 Å². The van der Waals surface area contributed by atoms with Crippen LogP contribution in [-0.2, 0) is 18.4 Å². The highest BCUT2D eigenvalue weighted by Gasteiger charge is 2.23. The minimum absolute atomic E-state index is 0.0703. The Bertz CT molecular complexity index is 1230. The first-order valence-electron chi connectivity index (χ1n) is 13.4. The van der Waals surface area contributed by atoms with Gasteiger partial charge in [-0.05, 0) is 56.1 Å². The molecule has 3 aromatic rings. The van der Waals surface area contributed by atoms with E-state index < -0.39 is 0 Å². The molecule has 1 aromatic carbocycles. The number of piperazine rings is 1. The topological polar surface area (TPSA) is 67.2 Å². The molecule has 0 N–H and O–H groups in total. The number of halogens is 1. The van der Waals surface area contributed by atoms with Crippen molar-refractivity contribution in [3.8, 4) is 11.3 Å². The molecule has 0 bridgehead atoms. The van der Waals surface area contributed by atoms with Gasteiger partial charge in [-0.3, -0.25) is 9.47 Å². The SMILES string of the molecule is CCCc1cc(N2CCN(CCCCn3ccc(-c4ccc(F)cc4)nc3=O)CC2)nc(C(C)(C)C)n1. The van der Waals surface area contributed by atoms with Crippen LogP contribution in [0.4, 0.5) is 10.2 Å².